The van der Waals surface area contributed by atoms with Crippen molar-refractivity contribution in [2.45, 2.75) is 13.3 Å². The molecule has 106 valence electrons. The predicted molar refractivity (Wildman–Crippen MR) is 85.2 cm³/mol. The maximum absolute atomic E-state index is 12.1. The first-order valence-electron chi connectivity index (χ1n) is 6.52. The van der Waals surface area contributed by atoms with Crippen LogP contribution in [0.5, 0.6) is 0 Å². The van der Waals surface area contributed by atoms with Gasteiger partial charge in [0.15, 0.2) is 5.58 Å². The molecular weight excluding hydrogens is 332 g/mol. The highest BCUT2D eigenvalue weighted by atomic mass is 79.9. The van der Waals surface area contributed by atoms with Crippen LogP contribution in [0.1, 0.15) is 11.3 Å². The molecule has 1 N–H and O–H groups in total. The number of halogens is 1. The molecule has 0 atom stereocenters. The van der Waals surface area contributed by atoms with Crippen LogP contribution in [-0.4, -0.2) is 11.1 Å². The fourth-order valence-corrected chi connectivity index (χ4v) is 2.38. The van der Waals surface area contributed by atoms with Crippen molar-refractivity contribution in [2.75, 3.05) is 5.32 Å². The van der Waals surface area contributed by atoms with Crippen LogP contribution in [0, 0.1) is 6.92 Å². The van der Waals surface area contributed by atoms with E-state index in [0.29, 0.717) is 11.3 Å². The third kappa shape index (κ3) is 3.13. The molecule has 4 nitrogen and oxygen atoms in total. The first kappa shape index (κ1) is 13.8. The lowest BCUT2D eigenvalue weighted by molar-refractivity contribution is -0.115. The molecule has 0 spiro atoms. The van der Waals surface area contributed by atoms with Crippen molar-refractivity contribution in [1.82, 2.24) is 5.16 Å². The summed E-state index contributed by atoms with van der Waals surface area (Å²) < 4.78 is 6.21. The molecule has 0 radical (unpaired) electrons. The molecular formula is C16H13BrN2O2. The Kier molecular flexibility index (Phi) is 3.75. The van der Waals surface area contributed by atoms with Crippen LogP contribution < -0.4 is 5.32 Å². The quantitative estimate of drug-likeness (QED) is 0.778. The second kappa shape index (κ2) is 5.69. The van der Waals surface area contributed by atoms with Crippen molar-refractivity contribution in [3.05, 3.63) is 58.2 Å². The second-order valence-electron chi connectivity index (χ2n) is 4.86. The highest BCUT2D eigenvalue weighted by Crippen LogP contribution is 2.21. The van der Waals surface area contributed by atoms with E-state index in [2.05, 4.69) is 26.4 Å². The van der Waals surface area contributed by atoms with Gasteiger partial charge in [-0.25, -0.2) is 0 Å². The summed E-state index contributed by atoms with van der Waals surface area (Å²) in [6.45, 7) is 2.00. The molecule has 1 heterocycles. The zero-order valence-electron chi connectivity index (χ0n) is 11.4. The summed E-state index contributed by atoms with van der Waals surface area (Å²) >= 11 is 3.36. The van der Waals surface area contributed by atoms with E-state index < -0.39 is 0 Å². The zero-order chi connectivity index (χ0) is 14.8. The number of nitrogens with zero attached hydrogens (tertiary/aromatic N) is 1. The normalized spacial score (nSPS) is 10.8. The number of nitrogens with one attached hydrogen (secondary N) is 1. The Balaban J connectivity index is 1.77. The van der Waals surface area contributed by atoms with Crippen LogP contribution in [0.4, 0.5) is 5.69 Å². The van der Waals surface area contributed by atoms with Crippen molar-refractivity contribution >= 4 is 38.5 Å². The van der Waals surface area contributed by atoms with Crippen LogP contribution in [0.2, 0.25) is 0 Å². The monoisotopic (exact) mass is 344 g/mol. The molecule has 0 aliphatic rings. The van der Waals surface area contributed by atoms with E-state index in [1.807, 2.05) is 49.4 Å². The predicted octanol–water partition coefficient (Wildman–Crippen LogP) is 4.08. The number of aromatic nitrogens is 1. The van der Waals surface area contributed by atoms with Gasteiger partial charge in [-0.1, -0.05) is 32.7 Å². The number of carbonyl (C=O) groups is 1. The van der Waals surface area contributed by atoms with E-state index in [0.717, 1.165) is 21.1 Å². The summed E-state index contributed by atoms with van der Waals surface area (Å²) in [5.74, 6) is -0.117. The third-order valence-corrected chi connectivity index (χ3v) is 3.68. The van der Waals surface area contributed by atoms with Gasteiger partial charge in [-0.15, -0.1) is 0 Å². The lowest BCUT2D eigenvalue weighted by Crippen LogP contribution is -2.14. The Morgan fingerprint density at radius 1 is 1.24 bits per heavy atom. The smallest absolute Gasteiger partial charge is 0.230 e. The van der Waals surface area contributed by atoms with Crippen LogP contribution in [0.3, 0.4) is 0 Å². The van der Waals surface area contributed by atoms with E-state index in [-0.39, 0.29) is 12.3 Å². The minimum Gasteiger partial charge on any atom is -0.356 e. The van der Waals surface area contributed by atoms with E-state index in [1.165, 1.54) is 0 Å². The van der Waals surface area contributed by atoms with Gasteiger partial charge in [-0.3, -0.25) is 4.79 Å². The average Bonchev–Trinajstić information content (AvgIpc) is 2.84. The Labute approximate surface area is 130 Å². The highest BCUT2D eigenvalue weighted by Gasteiger charge is 2.12. The number of hydrogen-bond donors (Lipinski definition) is 1. The molecule has 0 saturated carbocycles. The van der Waals surface area contributed by atoms with Gasteiger partial charge in [0.2, 0.25) is 5.91 Å². The topological polar surface area (TPSA) is 55.1 Å². The minimum atomic E-state index is -0.117. The Bertz CT molecular complexity index is 794. The molecule has 5 heteroatoms. The van der Waals surface area contributed by atoms with E-state index in [4.69, 9.17) is 4.52 Å². The number of anilines is 1. The van der Waals surface area contributed by atoms with Crippen molar-refractivity contribution in [3.8, 4) is 0 Å². The molecule has 21 heavy (non-hydrogen) atoms. The Hall–Kier alpha value is -2.14. The van der Waals surface area contributed by atoms with Gasteiger partial charge >= 0.3 is 0 Å². The first-order valence-corrected chi connectivity index (χ1v) is 7.31. The largest absolute Gasteiger partial charge is 0.356 e. The molecule has 0 unspecified atom stereocenters. The summed E-state index contributed by atoms with van der Waals surface area (Å²) in [6.07, 6.45) is 0.187. The molecule has 1 amide bonds. The number of hydrogen-bond acceptors (Lipinski definition) is 3. The van der Waals surface area contributed by atoms with Gasteiger partial charge in [0.05, 0.1) is 6.42 Å². The van der Waals surface area contributed by atoms with Crippen LogP contribution >= 0.6 is 15.9 Å². The summed E-state index contributed by atoms with van der Waals surface area (Å²) in [5.41, 5.74) is 3.22. The molecule has 0 bridgehead atoms. The molecule has 0 aliphatic carbocycles. The maximum atomic E-state index is 12.1. The molecule has 2 aromatic carbocycles. The SMILES string of the molecule is Cc1ccc2onc(CC(=O)Nc3ccc(Br)cc3)c2c1. The van der Waals surface area contributed by atoms with Crippen LogP contribution in [-0.2, 0) is 11.2 Å². The van der Waals surface area contributed by atoms with E-state index in [9.17, 15) is 4.79 Å². The zero-order valence-corrected chi connectivity index (χ0v) is 13.0. The molecule has 3 aromatic rings. The van der Waals surface area contributed by atoms with Gasteiger partial charge in [0.1, 0.15) is 5.69 Å². The second-order valence-corrected chi connectivity index (χ2v) is 5.78. The van der Waals surface area contributed by atoms with Crippen molar-refractivity contribution in [1.29, 1.82) is 0 Å². The fourth-order valence-electron chi connectivity index (χ4n) is 2.12. The number of benzene rings is 2. The molecule has 3 rings (SSSR count). The lowest BCUT2D eigenvalue weighted by Gasteiger charge is -2.04. The first-order chi connectivity index (χ1) is 10.1. The average molecular weight is 345 g/mol. The number of rotatable bonds is 3. The Morgan fingerprint density at radius 3 is 2.76 bits per heavy atom. The third-order valence-electron chi connectivity index (χ3n) is 3.16. The number of fused-ring (bicyclic) bond motifs is 1. The van der Waals surface area contributed by atoms with Gasteiger partial charge in [0.25, 0.3) is 0 Å². The number of aryl methyl sites for hydroxylation is 1. The van der Waals surface area contributed by atoms with Crippen LogP contribution in [0.25, 0.3) is 11.0 Å². The summed E-state index contributed by atoms with van der Waals surface area (Å²) in [4.78, 5) is 12.1. The van der Waals surface area contributed by atoms with Crippen molar-refractivity contribution < 1.29 is 9.32 Å². The summed E-state index contributed by atoms with van der Waals surface area (Å²) in [7, 11) is 0. The molecule has 0 aliphatic heterocycles. The van der Waals surface area contributed by atoms with Gasteiger partial charge in [0, 0.05) is 15.5 Å². The fraction of sp³-hybridized carbons (Fsp3) is 0.125. The summed E-state index contributed by atoms with van der Waals surface area (Å²) in [5, 5.41) is 7.72. The Morgan fingerprint density at radius 2 is 2.00 bits per heavy atom. The lowest BCUT2D eigenvalue weighted by atomic mass is 10.1. The summed E-state index contributed by atoms with van der Waals surface area (Å²) in [6, 6.07) is 13.2. The number of amides is 1. The highest BCUT2D eigenvalue weighted by molar-refractivity contribution is 9.10. The van der Waals surface area contributed by atoms with Gasteiger partial charge in [-0.05, 0) is 43.3 Å². The maximum Gasteiger partial charge on any atom is 0.230 e. The van der Waals surface area contributed by atoms with Crippen molar-refractivity contribution in [3.63, 3.8) is 0 Å². The van der Waals surface area contributed by atoms with Gasteiger partial charge in [-0.2, -0.15) is 0 Å². The van der Waals surface area contributed by atoms with E-state index in [1.54, 1.807) is 0 Å². The molecule has 0 fully saturated rings. The van der Waals surface area contributed by atoms with Crippen molar-refractivity contribution in [2.24, 2.45) is 0 Å². The number of carbonyl (C=O) groups excluding carboxylic acids is 1. The van der Waals surface area contributed by atoms with E-state index >= 15 is 0 Å². The minimum absolute atomic E-state index is 0.117. The molecule has 1 aromatic heterocycles. The van der Waals surface area contributed by atoms with Crippen LogP contribution in [0.15, 0.2) is 51.5 Å². The standard InChI is InChI=1S/C16H13BrN2O2/c1-10-2-7-15-13(8-10)14(19-21-15)9-16(20)18-12-5-3-11(17)4-6-12/h2-8H,9H2,1H3,(H,18,20). The molecule has 0 saturated heterocycles. The van der Waals surface area contributed by atoms with Gasteiger partial charge < -0.3 is 9.84 Å².